The van der Waals surface area contributed by atoms with Crippen molar-refractivity contribution < 1.29 is 14.3 Å². The first kappa shape index (κ1) is 20.5. The van der Waals surface area contributed by atoms with E-state index in [2.05, 4.69) is 20.8 Å². The molecule has 3 aromatic rings. The Balaban J connectivity index is 1.38. The number of anilines is 1. The molecular formula is C22H24N6O3. The van der Waals surface area contributed by atoms with Crippen LogP contribution in [0, 0.1) is 12.8 Å². The molecule has 0 aliphatic carbocycles. The number of aromatic nitrogens is 4. The van der Waals surface area contributed by atoms with E-state index in [0.717, 1.165) is 22.7 Å². The van der Waals surface area contributed by atoms with E-state index in [9.17, 15) is 9.59 Å². The van der Waals surface area contributed by atoms with Gasteiger partial charge in [-0.3, -0.25) is 9.59 Å². The molecule has 1 aliphatic rings. The summed E-state index contributed by atoms with van der Waals surface area (Å²) in [6.07, 6.45) is 0.184. The predicted molar refractivity (Wildman–Crippen MR) is 114 cm³/mol. The summed E-state index contributed by atoms with van der Waals surface area (Å²) in [6.45, 7) is 5.03. The molecule has 0 spiro atoms. The molecule has 160 valence electrons. The van der Waals surface area contributed by atoms with Gasteiger partial charge >= 0.3 is 0 Å². The van der Waals surface area contributed by atoms with Gasteiger partial charge in [0.15, 0.2) is 5.82 Å². The topological polar surface area (TPSA) is 102 Å². The fourth-order valence-electron chi connectivity index (χ4n) is 3.53. The van der Waals surface area contributed by atoms with Crippen molar-refractivity contribution in [3.8, 4) is 11.4 Å². The second-order valence-corrected chi connectivity index (χ2v) is 7.39. The molecule has 1 aliphatic heterocycles. The molecule has 0 bridgehead atoms. The minimum absolute atomic E-state index is 0.0526. The van der Waals surface area contributed by atoms with E-state index in [0.29, 0.717) is 19.0 Å². The number of ether oxygens (including phenoxy) is 1. The maximum absolute atomic E-state index is 12.7. The number of hydrogen-bond acceptors (Lipinski definition) is 6. The second kappa shape index (κ2) is 8.95. The van der Waals surface area contributed by atoms with Crippen molar-refractivity contribution in [2.75, 3.05) is 18.1 Å². The Kier molecular flexibility index (Phi) is 5.92. The zero-order valence-corrected chi connectivity index (χ0v) is 17.5. The normalized spacial score (nSPS) is 15.9. The number of carbonyl (C=O) groups is 2. The van der Waals surface area contributed by atoms with Crippen LogP contribution in [0.1, 0.15) is 24.7 Å². The van der Waals surface area contributed by atoms with Crippen LogP contribution in [0.25, 0.3) is 5.69 Å². The summed E-state index contributed by atoms with van der Waals surface area (Å²) in [5.74, 6) is 0.603. The lowest BCUT2D eigenvalue weighted by Crippen LogP contribution is -2.33. The standard InChI is InChI=1S/C22H24N6O3/c1-3-31-19-10-8-18(9-11-19)28-20(24-25-26-28)13-23-22(30)16-12-21(29)27(14-16)17-6-4-15(2)5-7-17/h4-11,16H,3,12-14H2,1-2H3,(H,23,30). The lowest BCUT2D eigenvalue weighted by atomic mass is 10.1. The third-order valence-electron chi connectivity index (χ3n) is 5.19. The van der Waals surface area contributed by atoms with Crippen molar-refractivity contribution in [3.05, 3.63) is 59.9 Å². The van der Waals surface area contributed by atoms with Gasteiger partial charge < -0.3 is 15.0 Å². The molecule has 1 aromatic heterocycles. The molecule has 1 unspecified atom stereocenters. The molecule has 2 heterocycles. The third-order valence-corrected chi connectivity index (χ3v) is 5.19. The summed E-state index contributed by atoms with van der Waals surface area (Å²) in [5, 5.41) is 14.6. The molecule has 1 fully saturated rings. The van der Waals surface area contributed by atoms with Crippen LogP contribution >= 0.6 is 0 Å². The highest BCUT2D eigenvalue weighted by Gasteiger charge is 2.35. The monoisotopic (exact) mass is 420 g/mol. The molecule has 9 heteroatoms. The lowest BCUT2D eigenvalue weighted by molar-refractivity contribution is -0.126. The van der Waals surface area contributed by atoms with Crippen molar-refractivity contribution in [2.24, 2.45) is 5.92 Å². The minimum Gasteiger partial charge on any atom is -0.494 e. The lowest BCUT2D eigenvalue weighted by Gasteiger charge is -2.17. The van der Waals surface area contributed by atoms with E-state index < -0.39 is 5.92 Å². The molecule has 0 radical (unpaired) electrons. The fourth-order valence-corrected chi connectivity index (χ4v) is 3.53. The van der Waals surface area contributed by atoms with Gasteiger partial charge in [0.1, 0.15) is 5.75 Å². The van der Waals surface area contributed by atoms with E-state index >= 15 is 0 Å². The summed E-state index contributed by atoms with van der Waals surface area (Å²) in [6, 6.07) is 15.1. The van der Waals surface area contributed by atoms with Crippen LogP contribution in [0.4, 0.5) is 5.69 Å². The van der Waals surface area contributed by atoms with Gasteiger partial charge in [0.25, 0.3) is 0 Å². The molecule has 31 heavy (non-hydrogen) atoms. The van der Waals surface area contributed by atoms with Crippen molar-refractivity contribution in [2.45, 2.75) is 26.8 Å². The first-order valence-electron chi connectivity index (χ1n) is 10.2. The highest BCUT2D eigenvalue weighted by atomic mass is 16.5. The highest BCUT2D eigenvalue weighted by Crippen LogP contribution is 2.25. The molecule has 0 saturated carbocycles. The molecule has 4 rings (SSSR count). The molecule has 1 N–H and O–H groups in total. The number of nitrogens with zero attached hydrogens (tertiary/aromatic N) is 5. The Morgan fingerprint density at radius 3 is 2.55 bits per heavy atom. The fraction of sp³-hybridized carbons (Fsp3) is 0.318. The van der Waals surface area contributed by atoms with Gasteiger partial charge in [-0.25, -0.2) is 0 Å². The van der Waals surface area contributed by atoms with Crippen LogP contribution in [0.3, 0.4) is 0 Å². The van der Waals surface area contributed by atoms with Crippen LogP contribution in [0.15, 0.2) is 48.5 Å². The van der Waals surface area contributed by atoms with E-state index in [4.69, 9.17) is 4.74 Å². The SMILES string of the molecule is CCOc1ccc(-n2nnnc2CNC(=O)C2CC(=O)N(c3ccc(C)cc3)C2)cc1. The zero-order chi connectivity index (χ0) is 21.8. The van der Waals surface area contributed by atoms with Crippen molar-refractivity contribution in [3.63, 3.8) is 0 Å². The van der Waals surface area contributed by atoms with Gasteiger partial charge in [0.05, 0.1) is 24.8 Å². The van der Waals surface area contributed by atoms with Gasteiger partial charge in [-0.1, -0.05) is 17.7 Å². The van der Waals surface area contributed by atoms with Crippen LogP contribution < -0.4 is 15.0 Å². The minimum atomic E-state index is -0.413. The number of tetrazole rings is 1. The van der Waals surface area contributed by atoms with E-state index in [1.54, 1.807) is 9.58 Å². The Bertz CT molecular complexity index is 1060. The summed E-state index contributed by atoms with van der Waals surface area (Å²) < 4.78 is 7.01. The molecule has 9 nitrogen and oxygen atoms in total. The highest BCUT2D eigenvalue weighted by molar-refractivity contribution is 6.00. The zero-order valence-electron chi connectivity index (χ0n) is 17.5. The van der Waals surface area contributed by atoms with Gasteiger partial charge in [-0.15, -0.1) is 5.10 Å². The van der Waals surface area contributed by atoms with E-state index in [-0.39, 0.29) is 24.8 Å². The molecule has 2 amide bonds. The van der Waals surface area contributed by atoms with Crippen molar-refractivity contribution >= 4 is 17.5 Å². The van der Waals surface area contributed by atoms with E-state index in [1.165, 1.54) is 0 Å². The summed E-state index contributed by atoms with van der Waals surface area (Å²) in [5.41, 5.74) is 2.69. The summed E-state index contributed by atoms with van der Waals surface area (Å²) in [7, 11) is 0. The number of hydrogen-bond donors (Lipinski definition) is 1. The number of benzene rings is 2. The molecule has 2 aromatic carbocycles. The van der Waals surface area contributed by atoms with Crippen molar-refractivity contribution in [1.82, 2.24) is 25.5 Å². The van der Waals surface area contributed by atoms with Crippen LogP contribution in [-0.4, -0.2) is 45.2 Å². The molecule has 1 atom stereocenters. The summed E-state index contributed by atoms with van der Waals surface area (Å²) >= 11 is 0. The number of aryl methyl sites for hydroxylation is 1. The molecule has 1 saturated heterocycles. The number of nitrogens with one attached hydrogen (secondary N) is 1. The first-order valence-corrected chi connectivity index (χ1v) is 10.2. The van der Waals surface area contributed by atoms with Gasteiger partial charge in [-0.05, 0) is 60.7 Å². The summed E-state index contributed by atoms with van der Waals surface area (Å²) in [4.78, 5) is 26.8. The Morgan fingerprint density at radius 1 is 1.13 bits per heavy atom. The van der Waals surface area contributed by atoms with Crippen molar-refractivity contribution in [1.29, 1.82) is 0 Å². The van der Waals surface area contributed by atoms with Gasteiger partial charge in [0.2, 0.25) is 11.8 Å². The maximum Gasteiger partial charge on any atom is 0.227 e. The third kappa shape index (κ3) is 4.55. The molecular weight excluding hydrogens is 396 g/mol. The Labute approximate surface area is 180 Å². The number of carbonyl (C=O) groups excluding carboxylic acids is 2. The maximum atomic E-state index is 12.7. The van der Waals surface area contributed by atoms with Crippen LogP contribution in [0.2, 0.25) is 0 Å². The average molecular weight is 420 g/mol. The second-order valence-electron chi connectivity index (χ2n) is 7.39. The van der Waals surface area contributed by atoms with E-state index in [1.807, 2.05) is 62.4 Å². The largest absolute Gasteiger partial charge is 0.494 e. The number of amides is 2. The van der Waals surface area contributed by atoms with Gasteiger partial charge in [0, 0.05) is 18.7 Å². The number of rotatable bonds is 7. The average Bonchev–Trinajstić information content (AvgIpc) is 3.40. The Morgan fingerprint density at radius 2 is 1.84 bits per heavy atom. The predicted octanol–water partition coefficient (Wildman–Crippen LogP) is 2.04. The Hall–Kier alpha value is -3.75. The quantitative estimate of drug-likeness (QED) is 0.628. The first-order chi connectivity index (χ1) is 15.0. The smallest absolute Gasteiger partial charge is 0.227 e. The van der Waals surface area contributed by atoms with Crippen LogP contribution in [-0.2, 0) is 16.1 Å². The van der Waals surface area contributed by atoms with Crippen LogP contribution in [0.5, 0.6) is 5.75 Å². The van der Waals surface area contributed by atoms with Gasteiger partial charge in [-0.2, -0.15) is 4.68 Å².